The molecule has 28 heavy (non-hydrogen) atoms. The number of nitrogens with one attached hydrogen (secondary N) is 1. The maximum absolute atomic E-state index is 12.5. The normalized spacial score (nSPS) is 12.3. The van der Waals surface area contributed by atoms with Crippen LogP contribution in [0, 0.1) is 0 Å². The van der Waals surface area contributed by atoms with Crippen molar-refractivity contribution < 1.29 is 14.3 Å². The van der Waals surface area contributed by atoms with Crippen LogP contribution in [-0.2, 0) is 0 Å². The molecule has 142 valence electrons. The zero-order valence-electron chi connectivity index (χ0n) is 15.5. The molecule has 0 spiro atoms. The summed E-state index contributed by atoms with van der Waals surface area (Å²) in [4.78, 5) is 23.2. The van der Waals surface area contributed by atoms with Gasteiger partial charge < -0.3 is 19.7 Å². The third kappa shape index (κ3) is 3.73. The molecule has 7 heteroatoms. The predicted octanol–water partition coefficient (Wildman–Crippen LogP) is 3.66. The van der Waals surface area contributed by atoms with Crippen LogP contribution in [0.15, 0.2) is 60.9 Å². The fraction of sp³-hybridized carbons (Fsp3) is 0.190. The number of amides is 1. The number of aromatic nitrogens is 2. The molecule has 3 aromatic rings. The van der Waals surface area contributed by atoms with Crippen molar-refractivity contribution >= 4 is 23.1 Å². The van der Waals surface area contributed by atoms with Gasteiger partial charge in [-0.05, 0) is 31.2 Å². The minimum absolute atomic E-state index is 0.239. The molecule has 1 aliphatic heterocycles. The van der Waals surface area contributed by atoms with E-state index in [9.17, 15) is 4.79 Å². The number of fused-ring (bicyclic) bond motifs is 1. The topological polar surface area (TPSA) is 76.6 Å². The fourth-order valence-corrected chi connectivity index (χ4v) is 2.98. The van der Waals surface area contributed by atoms with Crippen LogP contribution in [0.3, 0.4) is 0 Å². The lowest BCUT2D eigenvalue weighted by Gasteiger charge is -2.21. The van der Waals surface area contributed by atoms with Crippen LogP contribution in [0.1, 0.15) is 17.4 Å². The Morgan fingerprint density at radius 3 is 2.54 bits per heavy atom. The smallest absolute Gasteiger partial charge is 0.275 e. The summed E-state index contributed by atoms with van der Waals surface area (Å²) in [7, 11) is 0. The lowest BCUT2D eigenvalue weighted by Crippen LogP contribution is -2.19. The summed E-state index contributed by atoms with van der Waals surface area (Å²) in [6.07, 6.45) is 3.09. The van der Waals surface area contributed by atoms with Gasteiger partial charge in [-0.25, -0.2) is 9.97 Å². The van der Waals surface area contributed by atoms with Gasteiger partial charge in [-0.2, -0.15) is 0 Å². The second-order valence-electron chi connectivity index (χ2n) is 6.15. The van der Waals surface area contributed by atoms with E-state index in [0.29, 0.717) is 36.2 Å². The first-order chi connectivity index (χ1) is 13.7. The van der Waals surface area contributed by atoms with E-state index < -0.39 is 0 Å². The van der Waals surface area contributed by atoms with Crippen LogP contribution in [0.4, 0.5) is 17.2 Å². The molecular weight excluding hydrogens is 356 g/mol. The van der Waals surface area contributed by atoms with Crippen molar-refractivity contribution in [2.45, 2.75) is 6.92 Å². The molecule has 4 rings (SSSR count). The van der Waals surface area contributed by atoms with Crippen LogP contribution in [-0.4, -0.2) is 35.6 Å². The van der Waals surface area contributed by atoms with Crippen molar-refractivity contribution in [3.63, 3.8) is 0 Å². The molecule has 0 saturated heterocycles. The maximum Gasteiger partial charge on any atom is 0.275 e. The number of benzene rings is 2. The number of anilines is 3. The number of ether oxygens (including phenoxy) is 2. The van der Waals surface area contributed by atoms with Gasteiger partial charge in [0.05, 0.1) is 12.4 Å². The molecule has 0 atom stereocenters. The summed E-state index contributed by atoms with van der Waals surface area (Å²) < 4.78 is 11.0. The van der Waals surface area contributed by atoms with Crippen molar-refractivity contribution in [1.82, 2.24) is 9.97 Å². The van der Waals surface area contributed by atoms with Crippen molar-refractivity contribution in [2.75, 3.05) is 30.0 Å². The number of rotatable bonds is 5. The summed E-state index contributed by atoms with van der Waals surface area (Å²) in [6, 6.07) is 15.2. The summed E-state index contributed by atoms with van der Waals surface area (Å²) >= 11 is 0. The Morgan fingerprint density at radius 1 is 1.04 bits per heavy atom. The van der Waals surface area contributed by atoms with Crippen molar-refractivity contribution in [2.24, 2.45) is 0 Å². The van der Waals surface area contributed by atoms with Crippen LogP contribution >= 0.6 is 0 Å². The number of carbonyl (C=O) groups excluding carboxylic acids is 1. The first-order valence-electron chi connectivity index (χ1n) is 9.10. The molecule has 7 nitrogen and oxygen atoms in total. The van der Waals surface area contributed by atoms with Crippen molar-refractivity contribution in [3.8, 4) is 11.5 Å². The lowest BCUT2D eigenvalue weighted by atomic mass is 10.2. The zero-order chi connectivity index (χ0) is 19.3. The largest absolute Gasteiger partial charge is 0.486 e. The molecule has 0 radical (unpaired) electrons. The quantitative estimate of drug-likeness (QED) is 0.732. The molecule has 1 N–H and O–H groups in total. The monoisotopic (exact) mass is 376 g/mol. The van der Waals surface area contributed by atoms with E-state index in [4.69, 9.17) is 9.47 Å². The molecule has 0 saturated carbocycles. The number of hydrogen-bond donors (Lipinski definition) is 1. The van der Waals surface area contributed by atoms with Gasteiger partial charge in [0.1, 0.15) is 18.9 Å². The van der Waals surface area contributed by atoms with E-state index in [1.807, 2.05) is 42.2 Å². The first kappa shape index (κ1) is 17.8. The van der Waals surface area contributed by atoms with Crippen LogP contribution < -0.4 is 19.7 Å². The average molecular weight is 376 g/mol. The minimum Gasteiger partial charge on any atom is -0.486 e. The highest BCUT2D eigenvalue weighted by Gasteiger charge is 2.15. The van der Waals surface area contributed by atoms with E-state index in [-0.39, 0.29) is 11.6 Å². The molecule has 0 unspecified atom stereocenters. The first-order valence-corrected chi connectivity index (χ1v) is 9.10. The number of nitrogens with zero attached hydrogens (tertiary/aromatic N) is 3. The maximum atomic E-state index is 12.5. The van der Waals surface area contributed by atoms with Gasteiger partial charge in [0, 0.05) is 24.0 Å². The molecule has 0 fully saturated rings. The predicted molar refractivity (Wildman–Crippen MR) is 107 cm³/mol. The molecule has 2 aromatic carbocycles. The molecular formula is C21H20N4O3. The van der Waals surface area contributed by atoms with Gasteiger partial charge in [0.15, 0.2) is 17.3 Å². The SMILES string of the molecule is CCN(c1ccccc1)c1cnc(C(=O)Nc2ccc3c(c2)OCCO3)cn1. The summed E-state index contributed by atoms with van der Waals surface area (Å²) in [6.45, 7) is 3.80. The molecule has 1 aliphatic rings. The number of carbonyl (C=O) groups is 1. The van der Waals surface area contributed by atoms with Crippen LogP contribution in [0.25, 0.3) is 0 Å². The Hall–Kier alpha value is -3.61. The van der Waals surface area contributed by atoms with Crippen molar-refractivity contribution in [3.05, 3.63) is 66.6 Å². The third-order valence-electron chi connectivity index (χ3n) is 4.33. The van der Waals surface area contributed by atoms with E-state index >= 15 is 0 Å². The Kier molecular flexibility index (Phi) is 5.05. The van der Waals surface area contributed by atoms with E-state index in [0.717, 1.165) is 12.2 Å². The average Bonchev–Trinajstić information content (AvgIpc) is 2.75. The number of para-hydroxylation sites is 1. The van der Waals surface area contributed by atoms with E-state index in [1.165, 1.54) is 6.20 Å². The highest BCUT2D eigenvalue weighted by atomic mass is 16.6. The van der Waals surface area contributed by atoms with Crippen LogP contribution in [0.5, 0.6) is 11.5 Å². The minimum atomic E-state index is -0.335. The summed E-state index contributed by atoms with van der Waals surface area (Å²) in [5.74, 6) is 1.64. The standard InChI is InChI=1S/C21H20N4O3/c1-2-25(16-6-4-3-5-7-16)20-14-22-17(13-23-20)21(26)24-15-8-9-18-19(12-15)28-11-10-27-18/h3-9,12-14H,2,10-11H2,1H3,(H,24,26). The molecule has 2 heterocycles. The summed E-state index contributed by atoms with van der Waals surface area (Å²) in [5.41, 5.74) is 1.87. The molecule has 1 amide bonds. The Labute approximate surface area is 163 Å². The van der Waals surface area contributed by atoms with Gasteiger partial charge in [-0.1, -0.05) is 18.2 Å². The Bertz CT molecular complexity index is 961. The van der Waals surface area contributed by atoms with Gasteiger partial charge in [-0.15, -0.1) is 0 Å². The fourth-order valence-electron chi connectivity index (χ4n) is 2.98. The Morgan fingerprint density at radius 2 is 1.82 bits per heavy atom. The second kappa shape index (κ2) is 7.96. The van der Waals surface area contributed by atoms with Crippen molar-refractivity contribution in [1.29, 1.82) is 0 Å². The van der Waals surface area contributed by atoms with Gasteiger partial charge in [-0.3, -0.25) is 4.79 Å². The van der Waals surface area contributed by atoms with Gasteiger partial charge in [0.25, 0.3) is 5.91 Å². The highest BCUT2D eigenvalue weighted by Crippen LogP contribution is 2.32. The third-order valence-corrected chi connectivity index (χ3v) is 4.33. The lowest BCUT2D eigenvalue weighted by molar-refractivity contribution is 0.102. The van der Waals surface area contributed by atoms with Crippen LogP contribution in [0.2, 0.25) is 0 Å². The molecule has 0 bridgehead atoms. The van der Waals surface area contributed by atoms with E-state index in [1.54, 1.807) is 24.4 Å². The molecule has 1 aromatic heterocycles. The zero-order valence-corrected chi connectivity index (χ0v) is 15.5. The second-order valence-corrected chi connectivity index (χ2v) is 6.15. The molecule has 0 aliphatic carbocycles. The number of hydrogen-bond acceptors (Lipinski definition) is 6. The highest BCUT2D eigenvalue weighted by molar-refractivity contribution is 6.02. The van der Waals surface area contributed by atoms with Gasteiger partial charge >= 0.3 is 0 Å². The Balaban J connectivity index is 1.48. The van der Waals surface area contributed by atoms with Gasteiger partial charge in [0.2, 0.25) is 0 Å². The van der Waals surface area contributed by atoms with E-state index in [2.05, 4.69) is 15.3 Å². The summed E-state index contributed by atoms with van der Waals surface area (Å²) in [5, 5.41) is 2.81.